The fraction of sp³-hybridized carbons (Fsp3) is 0.333. The number of halogens is 1. The van der Waals surface area contributed by atoms with Crippen molar-refractivity contribution in [2.24, 2.45) is 0 Å². The van der Waals surface area contributed by atoms with E-state index in [0.29, 0.717) is 5.69 Å². The average molecular weight is 237 g/mol. The Balaban J connectivity index is 2.97. The zero-order valence-electron chi connectivity index (χ0n) is 9.25. The van der Waals surface area contributed by atoms with E-state index < -0.39 is 5.41 Å². The largest absolute Gasteiger partial charge is 0.325 e. The molecular formula is C12H13ClN2O. The number of alkyl halides is 1. The number of carbonyl (C=O) groups excluding carboxylic acids is 1. The highest BCUT2D eigenvalue weighted by atomic mass is 35.5. The summed E-state index contributed by atoms with van der Waals surface area (Å²) in [6, 6.07) is 9.43. The Kier molecular flexibility index (Phi) is 3.92. The van der Waals surface area contributed by atoms with E-state index in [1.165, 1.54) is 0 Å². The first-order chi connectivity index (χ1) is 7.49. The Hall–Kier alpha value is -1.53. The molecule has 84 valence electrons. The van der Waals surface area contributed by atoms with Gasteiger partial charge < -0.3 is 5.32 Å². The topological polar surface area (TPSA) is 52.9 Å². The van der Waals surface area contributed by atoms with E-state index in [9.17, 15) is 4.79 Å². The lowest BCUT2D eigenvalue weighted by Gasteiger charge is -2.16. The molecule has 1 aromatic carbocycles. The van der Waals surface area contributed by atoms with Crippen LogP contribution in [-0.2, 0) is 10.2 Å². The molecule has 1 amide bonds. The third-order valence-corrected chi connectivity index (χ3v) is 2.51. The lowest BCUT2D eigenvalue weighted by Crippen LogP contribution is -2.16. The molecule has 0 aliphatic rings. The third-order valence-electron chi connectivity index (χ3n) is 2.27. The second kappa shape index (κ2) is 5.00. The van der Waals surface area contributed by atoms with Gasteiger partial charge in [-0.2, -0.15) is 5.26 Å². The van der Waals surface area contributed by atoms with Gasteiger partial charge in [0.1, 0.15) is 5.88 Å². The number of carbonyl (C=O) groups is 1. The summed E-state index contributed by atoms with van der Waals surface area (Å²) in [6.45, 7) is 3.66. The monoisotopic (exact) mass is 236 g/mol. The molecule has 1 aromatic rings. The van der Waals surface area contributed by atoms with Gasteiger partial charge in [0.2, 0.25) is 5.91 Å². The van der Waals surface area contributed by atoms with Gasteiger partial charge in [0.15, 0.2) is 0 Å². The van der Waals surface area contributed by atoms with Crippen LogP contribution in [0.4, 0.5) is 5.69 Å². The van der Waals surface area contributed by atoms with Crippen LogP contribution in [0.15, 0.2) is 24.3 Å². The first-order valence-corrected chi connectivity index (χ1v) is 5.40. The summed E-state index contributed by atoms with van der Waals surface area (Å²) in [4.78, 5) is 11.1. The summed E-state index contributed by atoms with van der Waals surface area (Å²) >= 11 is 5.39. The van der Waals surface area contributed by atoms with Gasteiger partial charge in [-0.05, 0) is 31.5 Å². The first kappa shape index (κ1) is 12.5. The summed E-state index contributed by atoms with van der Waals surface area (Å²) in [7, 11) is 0. The van der Waals surface area contributed by atoms with Crippen molar-refractivity contribution in [2.75, 3.05) is 11.2 Å². The van der Waals surface area contributed by atoms with Gasteiger partial charge in [-0.3, -0.25) is 4.79 Å². The molecule has 0 aromatic heterocycles. The van der Waals surface area contributed by atoms with Gasteiger partial charge in [-0.15, -0.1) is 11.6 Å². The molecule has 0 atom stereocenters. The SMILES string of the molecule is CC(C)(C#N)c1cccc(NC(=O)CCl)c1. The maximum Gasteiger partial charge on any atom is 0.239 e. The zero-order valence-corrected chi connectivity index (χ0v) is 10.0. The zero-order chi connectivity index (χ0) is 12.2. The van der Waals surface area contributed by atoms with Crippen LogP contribution in [0.3, 0.4) is 0 Å². The molecule has 1 N–H and O–H groups in total. The lowest BCUT2D eigenvalue weighted by atomic mass is 9.86. The molecule has 0 heterocycles. The Morgan fingerprint density at radius 3 is 2.81 bits per heavy atom. The second-order valence-electron chi connectivity index (χ2n) is 4.00. The highest BCUT2D eigenvalue weighted by molar-refractivity contribution is 6.29. The molecule has 1 rings (SSSR count). The van der Waals surface area contributed by atoms with E-state index in [1.54, 1.807) is 18.2 Å². The van der Waals surface area contributed by atoms with E-state index in [1.807, 2.05) is 19.9 Å². The Morgan fingerprint density at radius 1 is 1.56 bits per heavy atom. The van der Waals surface area contributed by atoms with E-state index in [4.69, 9.17) is 16.9 Å². The van der Waals surface area contributed by atoms with Gasteiger partial charge >= 0.3 is 0 Å². The molecule has 0 spiro atoms. The molecular weight excluding hydrogens is 224 g/mol. The molecule has 0 unspecified atom stereocenters. The molecule has 0 bridgehead atoms. The third kappa shape index (κ3) is 2.98. The van der Waals surface area contributed by atoms with Crippen molar-refractivity contribution in [2.45, 2.75) is 19.3 Å². The van der Waals surface area contributed by atoms with E-state index in [-0.39, 0.29) is 11.8 Å². The van der Waals surface area contributed by atoms with Crippen LogP contribution in [0.1, 0.15) is 19.4 Å². The number of benzene rings is 1. The first-order valence-electron chi connectivity index (χ1n) is 4.87. The molecule has 0 aliphatic heterocycles. The minimum atomic E-state index is -0.568. The van der Waals surface area contributed by atoms with E-state index in [0.717, 1.165) is 5.56 Å². The van der Waals surface area contributed by atoms with Crippen molar-refractivity contribution >= 4 is 23.2 Å². The summed E-state index contributed by atoms with van der Waals surface area (Å²) in [5.41, 5.74) is 0.954. The standard InChI is InChI=1S/C12H13ClN2O/c1-12(2,8-14)9-4-3-5-10(6-9)15-11(16)7-13/h3-6H,7H2,1-2H3,(H,15,16). The Labute approximate surface area is 100 Å². The normalized spacial score (nSPS) is 10.6. The summed E-state index contributed by atoms with van der Waals surface area (Å²) in [5.74, 6) is -0.333. The summed E-state index contributed by atoms with van der Waals surface area (Å²) in [5, 5.41) is 11.7. The number of anilines is 1. The number of nitriles is 1. The second-order valence-corrected chi connectivity index (χ2v) is 4.27. The lowest BCUT2D eigenvalue weighted by molar-refractivity contribution is -0.113. The van der Waals surface area contributed by atoms with Crippen molar-refractivity contribution in [1.82, 2.24) is 0 Å². The van der Waals surface area contributed by atoms with Crippen LogP contribution >= 0.6 is 11.6 Å². The van der Waals surface area contributed by atoms with Gasteiger partial charge in [-0.1, -0.05) is 12.1 Å². The fourth-order valence-electron chi connectivity index (χ4n) is 1.24. The Bertz CT molecular complexity index is 435. The maximum absolute atomic E-state index is 11.1. The van der Waals surface area contributed by atoms with Crippen LogP contribution in [0.5, 0.6) is 0 Å². The molecule has 16 heavy (non-hydrogen) atoms. The van der Waals surface area contributed by atoms with Crippen molar-refractivity contribution in [1.29, 1.82) is 5.26 Å². The van der Waals surface area contributed by atoms with Gasteiger partial charge in [-0.25, -0.2) is 0 Å². The number of nitrogens with one attached hydrogen (secondary N) is 1. The van der Waals surface area contributed by atoms with Gasteiger partial charge in [0.25, 0.3) is 0 Å². The molecule has 0 saturated heterocycles. The fourth-order valence-corrected chi connectivity index (χ4v) is 1.31. The van der Waals surface area contributed by atoms with Crippen molar-refractivity contribution in [3.8, 4) is 6.07 Å². The van der Waals surface area contributed by atoms with Gasteiger partial charge in [0, 0.05) is 5.69 Å². The molecule has 3 nitrogen and oxygen atoms in total. The quantitative estimate of drug-likeness (QED) is 0.821. The minimum Gasteiger partial charge on any atom is -0.325 e. The van der Waals surface area contributed by atoms with Crippen LogP contribution in [0.25, 0.3) is 0 Å². The predicted octanol–water partition coefficient (Wildman–Crippen LogP) is 2.67. The smallest absolute Gasteiger partial charge is 0.239 e. The minimum absolute atomic E-state index is 0.0775. The maximum atomic E-state index is 11.1. The highest BCUT2D eigenvalue weighted by Crippen LogP contribution is 2.24. The van der Waals surface area contributed by atoms with Crippen LogP contribution in [0, 0.1) is 11.3 Å². The molecule has 0 radical (unpaired) electrons. The average Bonchev–Trinajstić information content (AvgIpc) is 2.29. The van der Waals surface area contributed by atoms with E-state index >= 15 is 0 Å². The number of nitrogens with zero attached hydrogens (tertiary/aromatic N) is 1. The Morgan fingerprint density at radius 2 is 2.25 bits per heavy atom. The summed E-state index contributed by atoms with van der Waals surface area (Å²) < 4.78 is 0. The number of hydrogen-bond acceptors (Lipinski definition) is 2. The molecule has 4 heteroatoms. The summed E-state index contributed by atoms with van der Waals surface area (Å²) in [6.07, 6.45) is 0. The van der Waals surface area contributed by atoms with Crippen molar-refractivity contribution < 1.29 is 4.79 Å². The van der Waals surface area contributed by atoms with Crippen LogP contribution in [-0.4, -0.2) is 11.8 Å². The van der Waals surface area contributed by atoms with E-state index in [2.05, 4.69) is 11.4 Å². The molecule has 0 aliphatic carbocycles. The van der Waals surface area contributed by atoms with Crippen molar-refractivity contribution in [3.05, 3.63) is 29.8 Å². The molecule has 0 fully saturated rings. The number of hydrogen-bond donors (Lipinski definition) is 1. The van der Waals surface area contributed by atoms with Crippen molar-refractivity contribution in [3.63, 3.8) is 0 Å². The van der Waals surface area contributed by atoms with Crippen LogP contribution < -0.4 is 5.32 Å². The van der Waals surface area contributed by atoms with Gasteiger partial charge in [0.05, 0.1) is 11.5 Å². The number of amides is 1. The number of rotatable bonds is 3. The highest BCUT2D eigenvalue weighted by Gasteiger charge is 2.19. The predicted molar refractivity (Wildman–Crippen MR) is 64.4 cm³/mol. The van der Waals surface area contributed by atoms with Crippen LogP contribution in [0.2, 0.25) is 0 Å². The molecule has 0 saturated carbocycles.